The van der Waals surface area contributed by atoms with Crippen molar-refractivity contribution in [3.05, 3.63) is 23.9 Å². The van der Waals surface area contributed by atoms with Gasteiger partial charge in [0.2, 0.25) is 12.2 Å². The van der Waals surface area contributed by atoms with E-state index in [1.54, 1.807) is 12.3 Å². The molecule has 0 N–H and O–H groups in total. The second-order valence-corrected chi connectivity index (χ2v) is 2.33. The van der Waals surface area contributed by atoms with Crippen LogP contribution in [0.5, 0.6) is 5.88 Å². The van der Waals surface area contributed by atoms with Crippen molar-refractivity contribution in [2.24, 2.45) is 0 Å². The molecular weight excluding hydrogens is 145 g/mol. The SMILES string of the molecule is Cc1ccnc(OC(C)F)c1. The van der Waals surface area contributed by atoms with Crippen LogP contribution in [-0.4, -0.2) is 11.3 Å². The molecule has 1 heterocycles. The molecule has 1 unspecified atom stereocenters. The Bertz CT molecular complexity index is 237. The quantitative estimate of drug-likeness (QED) is 0.652. The Morgan fingerprint density at radius 3 is 2.91 bits per heavy atom. The first-order chi connectivity index (χ1) is 5.18. The highest BCUT2D eigenvalue weighted by molar-refractivity contribution is 5.18. The fourth-order valence-electron chi connectivity index (χ4n) is 0.739. The number of hydrogen-bond donors (Lipinski definition) is 0. The van der Waals surface area contributed by atoms with E-state index in [-0.39, 0.29) is 0 Å². The molecular formula is C8H10FNO. The van der Waals surface area contributed by atoms with Gasteiger partial charge >= 0.3 is 0 Å². The fourth-order valence-corrected chi connectivity index (χ4v) is 0.739. The van der Waals surface area contributed by atoms with E-state index in [9.17, 15) is 4.39 Å². The predicted octanol–water partition coefficient (Wildman–Crippen LogP) is 2.08. The van der Waals surface area contributed by atoms with Crippen molar-refractivity contribution in [2.75, 3.05) is 0 Å². The van der Waals surface area contributed by atoms with Crippen LogP contribution in [0.4, 0.5) is 4.39 Å². The first-order valence-corrected chi connectivity index (χ1v) is 3.42. The average molecular weight is 155 g/mol. The lowest BCUT2D eigenvalue weighted by molar-refractivity contribution is 0.0809. The third kappa shape index (κ3) is 2.53. The van der Waals surface area contributed by atoms with E-state index in [0.29, 0.717) is 5.88 Å². The first-order valence-electron chi connectivity index (χ1n) is 3.42. The lowest BCUT2D eigenvalue weighted by Gasteiger charge is -2.04. The van der Waals surface area contributed by atoms with Gasteiger partial charge in [-0.05, 0) is 18.6 Å². The van der Waals surface area contributed by atoms with Gasteiger partial charge in [0.15, 0.2) is 0 Å². The molecule has 11 heavy (non-hydrogen) atoms. The molecule has 3 heteroatoms. The standard InChI is InChI=1S/C8H10FNO/c1-6-3-4-10-8(5-6)11-7(2)9/h3-5,7H,1-2H3. The third-order valence-electron chi connectivity index (χ3n) is 1.17. The van der Waals surface area contributed by atoms with Gasteiger partial charge in [0.1, 0.15) is 0 Å². The van der Waals surface area contributed by atoms with Gasteiger partial charge in [0.05, 0.1) is 0 Å². The largest absolute Gasteiger partial charge is 0.444 e. The van der Waals surface area contributed by atoms with Crippen molar-refractivity contribution in [3.63, 3.8) is 0 Å². The Morgan fingerprint density at radius 2 is 2.36 bits per heavy atom. The topological polar surface area (TPSA) is 22.1 Å². The molecule has 0 saturated heterocycles. The lowest BCUT2D eigenvalue weighted by Crippen LogP contribution is -2.04. The van der Waals surface area contributed by atoms with Crippen molar-refractivity contribution in [1.29, 1.82) is 0 Å². The van der Waals surface area contributed by atoms with Crippen LogP contribution in [0.2, 0.25) is 0 Å². The molecule has 0 saturated carbocycles. The van der Waals surface area contributed by atoms with E-state index in [4.69, 9.17) is 4.74 Å². The number of aromatic nitrogens is 1. The number of halogens is 1. The molecule has 2 nitrogen and oxygen atoms in total. The number of rotatable bonds is 2. The van der Waals surface area contributed by atoms with Gasteiger partial charge in [-0.25, -0.2) is 9.37 Å². The van der Waals surface area contributed by atoms with E-state index in [0.717, 1.165) is 5.56 Å². The number of aryl methyl sites for hydroxylation is 1. The molecule has 0 spiro atoms. The van der Waals surface area contributed by atoms with Gasteiger partial charge in [-0.15, -0.1) is 0 Å². The van der Waals surface area contributed by atoms with Crippen molar-refractivity contribution in [2.45, 2.75) is 20.2 Å². The summed E-state index contributed by atoms with van der Waals surface area (Å²) in [5.41, 5.74) is 1.01. The minimum absolute atomic E-state index is 0.333. The smallest absolute Gasteiger partial charge is 0.237 e. The molecule has 0 fully saturated rings. The molecule has 1 aromatic heterocycles. The molecule has 1 rings (SSSR count). The van der Waals surface area contributed by atoms with Crippen LogP contribution in [0.1, 0.15) is 12.5 Å². The van der Waals surface area contributed by atoms with Crippen LogP contribution in [0.25, 0.3) is 0 Å². The Balaban J connectivity index is 2.71. The fraction of sp³-hybridized carbons (Fsp3) is 0.375. The summed E-state index contributed by atoms with van der Waals surface area (Å²) in [6.45, 7) is 3.22. The molecule has 0 bridgehead atoms. The van der Waals surface area contributed by atoms with E-state index < -0.39 is 6.36 Å². The molecule has 0 aliphatic carbocycles. The summed E-state index contributed by atoms with van der Waals surface area (Å²) in [7, 11) is 0. The van der Waals surface area contributed by atoms with Gasteiger partial charge < -0.3 is 4.74 Å². The van der Waals surface area contributed by atoms with Crippen molar-refractivity contribution in [3.8, 4) is 5.88 Å². The van der Waals surface area contributed by atoms with Gasteiger partial charge in [0, 0.05) is 19.2 Å². The summed E-state index contributed by atoms with van der Waals surface area (Å²) < 4.78 is 17.0. The van der Waals surface area contributed by atoms with Crippen LogP contribution in [0.15, 0.2) is 18.3 Å². The number of nitrogens with zero attached hydrogens (tertiary/aromatic N) is 1. The highest BCUT2D eigenvalue weighted by Gasteiger charge is 1.99. The van der Waals surface area contributed by atoms with E-state index in [2.05, 4.69) is 4.98 Å². The van der Waals surface area contributed by atoms with Crippen molar-refractivity contribution in [1.82, 2.24) is 4.98 Å². The summed E-state index contributed by atoms with van der Waals surface area (Å²) in [5.74, 6) is 0.333. The zero-order valence-corrected chi connectivity index (χ0v) is 6.54. The van der Waals surface area contributed by atoms with Crippen LogP contribution < -0.4 is 4.74 Å². The highest BCUT2D eigenvalue weighted by atomic mass is 19.1. The van der Waals surface area contributed by atoms with E-state index >= 15 is 0 Å². The Hall–Kier alpha value is -1.12. The predicted molar refractivity (Wildman–Crippen MR) is 40.2 cm³/mol. The molecule has 0 aromatic carbocycles. The molecule has 1 atom stereocenters. The number of alkyl halides is 1. The zero-order chi connectivity index (χ0) is 8.27. The molecule has 0 aliphatic rings. The Kier molecular flexibility index (Phi) is 2.41. The molecule has 0 aliphatic heterocycles. The molecule has 60 valence electrons. The highest BCUT2D eigenvalue weighted by Crippen LogP contribution is 2.09. The monoisotopic (exact) mass is 155 g/mol. The lowest BCUT2D eigenvalue weighted by atomic mass is 10.3. The summed E-state index contributed by atoms with van der Waals surface area (Å²) in [6.07, 6.45) is 0.289. The van der Waals surface area contributed by atoms with Gasteiger partial charge in [0.25, 0.3) is 0 Å². The molecule has 0 radical (unpaired) electrons. The maximum absolute atomic E-state index is 12.3. The number of hydrogen-bond acceptors (Lipinski definition) is 2. The summed E-state index contributed by atoms with van der Waals surface area (Å²) in [6, 6.07) is 3.52. The maximum atomic E-state index is 12.3. The Labute approximate surface area is 65.0 Å². The second-order valence-electron chi connectivity index (χ2n) is 2.33. The van der Waals surface area contributed by atoms with Gasteiger partial charge in [-0.3, -0.25) is 0 Å². The first kappa shape index (κ1) is 7.98. The van der Waals surface area contributed by atoms with Crippen molar-refractivity contribution >= 4 is 0 Å². The minimum atomic E-state index is -1.30. The Morgan fingerprint density at radius 1 is 1.64 bits per heavy atom. The van der Waals surface area contributed by atoms with Crippen LogP contribution in [0, 0.1) is 6.92 Å². The third-order valence-corrected chi connectivity index (χ3v) is 1.17. The molecule has 0 amide bonds. The molecule has 1 aromatic rings. The summed E-state index contributed by atoms with van der Waals surface area (Å²) in [4.78, 5) is 3.82. The summed E-state index contributed by atoms with van der Waals surface area (Å²) in [5, 5.41) is 0. The normalized spacial score (nSPS) is 12.6. The maximum Gasteiger partial charge on any atom is 0.237 e. The van der Waals surface area contributed by atoms with Crippen LogP contribution >= 0.6 is 0 Å². The number of pyridine rings is 1. The summed E-state index contributed by atoms with van der Waals surface area (Å²) >= 11 is 0. The van der Waals surface area contributed by atoms with E-state index in [1.165, 1.54) is 6.92 Å². The minimum Gasteiger partial charge on any atom is -0.444 e. The number of ether oxygens (including phenoxy) is 1. The zero-order valence-electron chi connectivity index (χ0n) is 6.54. The van der Waals surface area contributed by atoms with Gasteiger partial charge in [-0.2, -0.15) is 0 Å². The van der Waals surface area contributed by atoms with Crippen molar-refractivity contribution < 1.29 is 9.13 Å². The average Bonchev–Trinajstić information content (AvgIpc) is 1.85. The van der Waals surface area contributed by atoms with Gasteiger partial charge in [-0.1, -0.05) is 0 Å². The van der Waals surface area contributed by atoms with E-state index in [1.807, 2.05) is 13.0 Å². The van der Waals surface area contributed by atoms with Crippen LogP contribution in [-0.2, 0) is 0 Å². The second kappa shape index (κ2) is 3.32. The van der Waals surface area contributed by atoms with Crippen LogP contribution in [0.3, 0.4) is 0 Å².